The average Bonchev–Trinajstić information content (AvgIpc) is 2.17. The first-order valence-electron chi connectivity index (χ1n) is 5.03. The summed E-state index contributed by atoms with van der Waals surface area (Å²) in [5.74, 6) is 0.523. The van der Waals surface area contributed by atoms with Crippen LogP contribution in [0.15, 0.2) is 18.2 Å². The van der Waals surface area contributed by atoms with E-state index in [1.165, 1.54) is 7.11 Å². The standard InChI is InChI=1S/C11H17NO3S/c1-8(2)16(13,14)12-10-7-9(3)5-6-11(10)15-4/h5-8,12H,1-4H3. The van der Waals surface area contributed by atoms with Crippen molar-refractivity contribution in [3.8, 4) is 5.75 Å². The normalized spacial score (nSPS) is 11.6. The molecule has 5 heteroatoms. The van der Waals surface area contributed by atoms with E-state index in [1.807, 2.05) is 13.0 Å². The van der Waals surface area contributed by atoms with Crippen LogP contribution in [0.25, 0.3) is 0 Å². The van der Waals surface area contributed by atoms with E-state index in [0.717, 1.165) is 5.56 Å². The van der Waals surface area contributed by atoms with Crippen molar-refractivity contribution in [3.63, 3.8) is 0 Å². The molecule has 0 aromatic heterocycles. The summed E-state index contributed by atoms with van der Waals surface area (Å²) in [6.07, 6.45) is 0. The van der Waals surface area contributed by atoms with Gasteiger partial charge in [-0.05, 0) is 38.5 Å². The summed E-state index contributed by atoms with van der Waals surface area (Å²) < 4.78 is 31.0. The maximum absolute atomic E-state index is 11.7. The molecule has 1 N–H and O–H groups in total. The van der Waals surface area contributed by atoms with Crippen molar-refractivity contribution in [2.75, 3.05) is 11.8 Å². The minimum Gasteiger partial charge on any atom is -0.495 e. The summed E-state index contributed by atoms with van der Waals surface area (Å²) in [5.41, 5.74) is 1.46. The lowest BCUT2D eigenvalue weighted by Gasteiger charge is -2.14. The van der Waals surface area contributed by atoms with E-state index >= 15 is 0 Å². The third kappa shape index (κ3) is 2.88. The molecule has 0 atom stereocenters. The Balaban J connectivity index is 3.10. The number of sulfonamides is 1. The molecule has 0 aliphatic heterocycles. The molecule has 0 saturated carbocycles. The fourth-order valence-electron chi connectivity index (χ4n) is 1.17. The zero-order chi connectivity index (χ0) is 12.3. The fraction of sp³-hybridized carbons (Fsp3) is 0.455. The van der Waals surface area contributed by atoms with Crippen LogP contribution in [-0.4, -0.2) is 20.8 Å². The van der Waals surface area contributed by atoms with E-state index in [2.05, 4.69) is 4.72 Å². The van der Waals surface area contributed by atoms with Crippen molar-refractivity contribution in [1.29, 1.82) is 0 Å². The third-order valence-electron chi connectivity index (χ3n) is 2.23. The smallest absolute Gasteiger partial charge is 0.235 e. The molecule has 0 heterocycles. The summed E-state index contributed by atoms with van der Waals surface area (Å²) in [4.78, 5) is 0. The van der Waals surface area contributed by atoms with Gasteiger partial charge >= 0.3 is 0 Å². The maximum Gasteiger partial charge on any atom is 0.235 e. The van der Waals surface area contributed by atoms with Crippen molar-refractivity contribution in [3.05, 3.63) is 23.8 Å². The first-order valence-corrected chi connectivity index (χ1v) is 6.57. The number of nitrogens with one attached hydrogen (secondary N) is 1. The van der Waals surface area contributed by atoms with Crippen molar-refractivity contribution in [2.45, 2.75) is 26.0 Å². The third-order valence-corrected chi connectivity index (χ3v) is 3.97. The van der Waals surface area contributed by atoms with Gasteiger partial charge in [0.2, 0.25) is 10.0 Å². The van der Waals surface area contributed by atoms with Crippen LogP contribution in [0.5, 0.6) is 5.75 Å². The number of hydrogen-bond donors (Lipinski definition) is 1. The summed E-state index contributed by atoms with van der Waals surface area (Å²) >= 11 is 0. The van der Waals surface area contributed by atoms with Crippen LogP contribution in [0.2, 0.25) is 0 Å². The summed E-state index contributed by atoms with van der Waals surface area (Å²) in [5, 5.41) is -0.474. The van der Waals surface area contributed by atoms with E-state index in [4.69, 9.17) is 4.74 Å². The van der Waals surface area contributed by atoms with E-state index in [1.54, 1.807) is 26.0 Å². The molecule has 4 nitrogen and oxygen atoms in total. The SMILES string of the molecule is COc1ccc(C)cc1NS(=O)(=O)C(C)C. The van der Waals surface area contributed by atoms with Crippen LogP contribution in [0.4, 0.5) is 5.69 Å². The topological polar surface area (TPSA) is 55.4 Å². The van der Waals surface area contributed by atoms with Crippen molar-refractivity contribution in [1.82, 2.24) is 0 Å². The Morgan fingerprint density at radius 3 is 2.44 bits per heavy atom. The lowest BCUT2D eigenvalue weighted by molar-refractivity contribution is 0.417. The van der Waals surface area contributed by atoms with Crippen LogP contribution < -0.4 is 9.46 Å². The zero-order valence-electron chi connectivity index (χ0n) is 9.94. The summed E-state index contributed by atoms with van der Waals surface area (Å²) in [7, 11) is -1.82. The predicted molar refractivity (Wildman–Crippen MR) is 65.4 cm³/mol. The lowest BCUT2D eigenvalue weighted by atomic mass is 10.2. The Morgan fingerprint density at radius 2 is 1.94 bits per heavy atom. The molecule has 0 aliphatic rings. The highest BCUT2D eigenvalue weighted by atomic mass is 32.2. The molecule has 0 bridgehead atoms. The summed E-state index contributed by atoms with van der Waals surface area (Å²) in [6.45, 7) is 5.15. The molecule has 16 heavy (non-hydrogen) atoms. The van der Waals surface area contributed by atoms with Crippen molar-refractivity contribution < 1.29 is 13.2 Å². The quantitative estimate of drug-likeness (QED) is 0.881. The first kappa shape index (κ1) is 12.8. The van der Waals surface area contributed by atoms with E-state index in [9.17, 15) is 8.42 Å². The molecule has 1 aromatic carbocycles. The molecular formula is C11H17NO3S. The number of ether oxygens (including phenoxy) is 1. The average molecular weight is 243 g/mol. The van der Waals surface area contributed by atoms with Gasteiger partial charge in [0.05, 0.1) is 18.0 Å². The van der Waals surface area contributed by atoms with E-state index < -0.39 is 15.3 Å². The summed E-state index contributed by atoms with van der Waals surface area (Å²) in [6, 6.07) is 5.36. The lowest BCUT2D eigenvalue weighted by Crippen LogP contribution is -2.22. The van der Waals surface area contributed by atoms with Gasteiger partial charge in [-0.2, -0.15) is 0 Å². The first-order chi connectivity index (χ1) is 7.36. The Morgan fingerprint density at radius 1 is 1.31 bits per heavy atom. The van der Waals surface area contributed by atoms with Gasteiger partial charge in [-0.3, -0.25) is 4.72 Å². The highest BCUT2D eigenvalue weighted by Gasteiger charge is 2.17. The van der Waals surface area contributed by atoms with Gasteiger partial charge in [-0.1, -0.05) is 6.07 Å². The number of rotatable bonds is 4. The Kier molecular flexibility index (Phi) is 3.80. The molecular weight excluding hydrogens is 226 g/mol. The zero-order valence-corrected chi connectivity index (χ0v) is 10.8. The Labute approximate surface area is 96.7 Å². The number of hydrogen-bond acceptors (Lipinski definition) is 3. The van der Waals surface area contributed by atoms with Gasteiger partial charge in [0.15, 0.2) is 0 Å². The minimum absolute atomic E-state index is 0.474. The molecule has 0 radical (unpaired) electrons. The van der Waals surface area contributed by atoms with Crippen LogP contribution >= 0.6 is 0 Å². The van der Waals surface area contributed by atoms with E-state index in [-0.39, 0.29) is 0 Å². The number of benzene rings is 1. The maximum atomic E-state index is 11.7. The predicted octanol–water partition coefficient (Wildman–Crippen LogP) is 2.15. The highest BCUT2D eigenvalue weighted by Crippen LogP contribution is 2.26. The number of aryl methyl sites for hydroxylation is 1. The van der Waals surface area contributed by atoms with Crippen molar-refractivity contribution in [2.24, 2.45) is 0 Å². The molecule has 0 aliphatic carbocycles. The highest BCUT2D eigenvalue weighted by molar-refractivity contribution is 7.93. The minimum atomic E-state index is -3.33. The van der Waals surface area contributed by atoms with Gasteiger partial charge in [0, 0.05) is 0 Å². The van der Waals surface area contributed by atoms with Crippen LogP contribution in [0.1, 0.15) is 19.4 Å². The Hall–Kier alpha value is -1.23. The van der Waals surface area contributed by atoms with Crippen LogP contribution in [0, 0.1) is 6.92 Å². The van der Waals surface area contributed by atoms with Gasteiger partial charge in [-0.25, -0.2) is 8.42 Å². The number of anilines is 1. The molecule has 0 saturated heterocycles. The van der Waals surface area contributed by atoms with Crippen LogP contribution in [-0.2, 0) is 10.0 Å². The molecule has 90 valence electrons. The molecule has 0 fully saturated rings. The molecule has 1 aromatic rings. The van der Waals surface area contributed by atoms with Gasteiger partial charge in [0.1, 0.15) is 5.75 Å². The Bertz CT molecular complexity index is 466. The second kappa shape index (κ2) is 4.74. The monoisotopic (exact) mass is 243 g/mol. The van der Waals surface area contributed by atoms with E-state index in [0.29, 0.717) is 11.4 Å². The van der Waals surface area contributed by atoms with Crippen molar-refractivity contribution >= 4 is 15.7 Å². The van der Waals surface area contributed by atoms with Gasteiger partial charge < -0.3 is 4.74 Å². The fourth-order valence-corrected chi connectivity index (χ4v) is 1.87. The molecule has 0 unspecified atom stereocenters. The molecule has 1 rings (SSSR count). The van der Waals surface area contributed by atoms with Crippen LogP contribution in [0.3, 0.4) is 0 Å². The van der Waals surface area contributed by atoms with Gasteiger partial charge in [0.25, 0.3) is 0 Å². The second-order valence-electron chi connectivity index (χ2n) is 3.90. The molecule has 0 amide bonds. The number of methoxy groups -OCH3 is 1. The van der Waals surface area contributed by atoms with Gasteiger partial charge in [-0.15, -0.1) is 0 Å². The second-order valence-corrected chi connectivity index (χ2v) is 6.14. The largest absolute Gasteiger partial charge is 0.495 e. The molecule has 0 spiro atoms.